The molecule has 4 nitrogen and oxygen atoms in total. The van der Waals surface area contributed by atoms with Crippen molar-refractivity contribution < 1.29 is 14.3 Å². The first-order valence-electron chi connectivity index (χ1n) is 6.21. The van der Waals surface area contributed by atoms with Crippen LogP contribution in [0.5, 0.6) is 0 Å². The summed E-state index contributed by atoms with van der Waals surface area (Å²) >= 11 is 0. The van der Waals surface area contributed by atoms with E-state index in [2.05, 4.69) is 6.07 Å². The van der Waals surface area contributed by atoms with Gasteiger partial charge < -0.3 is 9.64 Å². The normalized spacial score (nSPS) is 36.4. The van der Waals surface area contributed by atoms with E-state index in [1.807, 2.05) is 18.2 Å². The topological polar surface area (TPSA) is 46.6 Å². The van der Waals surface area contributed by atoms with Crippen molar-refractivity contribution >= 4 is 17.6 Å². The van der Waals surface area contributed by atoms with Gasteiger partial charge in [0.15, 0.2) is 0 Å². The summed E-state index contributed by atoms with van der Waals surface area (Å²) in [5, 5.41) is 0. The minimum absolute atomic E-state index is 0.0810. The summed E-state index contributed by atoms with van der Waals surface area (Å²) in [4.78, 5) is 25.2. The second-order valence-corrected chi connectivity index (χ2v) is 5.46. The lowest BCUT2D eigenvalue weighted by Crippen LogP contribution is -2.68. The highest BCUT2D eigenvalue weighted by molar-refractivity contribution is 6.01. The van der Waals surface area contributed by atoms with Gasteiger partial charge in [0.2, 0.25) is 5.91 Å². The standard InChI is InChI=1S/C14H13NO3/c1-15-10-5-3-2-4-8(10)9-6-14(7-11(16)18-14)12(9)13(15)17/h2-5,9,12H,6-7H2,1H3/t9-,12-,14-/m1/s1. The fourth-order valence-electron chi connectivity index (χ4n) is 3.69. The molecule has 0 radical (unpaired) electrons. The Hall–Kier alpha value is -1.84. The summed E-state index contributed by atoms with van der Waals surface area (Å²) < 4.78 is 5.28. The van der Waals surface area contributed by atoms with E-state index in [-0.39, 0.29) is 23.7 Å². The van der Waals surface area contributed by atoms with Crippen LogP contribution in [0, 0.1) is 5.92 Å². The summed E-state index contributed by atoms with van der Waals surface area (Å²) in [7, 11) is 1.80. The van der Waals surface area contributed by atoms with Crippen molar-refractivity contribution in [3.8, 4) is 0 Å². The third-order valence-corrected chi connectivity index (χ3v) is 4.59. The Labute approximate surface area is 105 Å². The Morgan fingerprint density at radius 1 is 1.33 bits per heavy atom. The van der Waals surface area contributed by atoms with E-state index in [1.165, 1.54) is 5.56 Å². The number of carbonyl (C=O) groups is 2. The molecule has 4 heteroatoms. The molecule has 2 heterocycles. The van der Waals surface area contributed by atoms with Gasteiger partial charge in [-0.15, -0.1) is 0 Å². The zero-order chi connectivity index (χ0) is 12.5. The van der Waals surface area contributed by atoms with Crippen LogP contribution in [0.1, 0.15) is 24.3 Å². The molecular weight excluding hydrogens is 230 g/mol. The SMILES string of the molecule is CN1C(=O)[C@H]2[C@H](C[C@@]23CC(=O)O3)c2ccccc21. The molecule has 2 aliphatic heterocycles. The van der Waals surface area contributed by atoms with Gasteiger partial charge in [-0.2, -0.15) is 0 Å². The zero-order valence-electron chi connectivity index (χ0n) is 10.1. The summed E-state index contributed by atoms with van der Waals surface area (Å²) in [5.74, 6) is -0.0479. The molecule has 0 aromatic heterocycles. The van der Waals surface area contributed by atoms with Gasteiger partial charge >= 0.3 is 5.97 Å². The first-order chi connectivity index (χ1) is 8.62. The van der Waals surface area contributed by atoms with Gasteiger partial charge in [-0.1, -0.05) is 18.2 Å². The largest absolute Gasteiger partial charge is 0.457 e. The summed E-state index contributed by atoms with van der Waals surface area (Å²) in [6, 6.07) is 7.99. The van der Waals surface area contributed by atoms with Crippen molar-refractivity contribution in [2.24, 2.45) is 5.92 Å². The van der Waals surface area contributed by atoms with Gasteiger partial charge in [0.1, 0.15) is 5.60 Å². The monoisotopic (exact) mass is 243 g/mol. The maximum atomic E-state index is 12.4. The van der Waals surface area contributed by atoms with Crippen molar-refractivity contribution in [1.29, 1.82) is 0 Å². The van der Waals surface area contributed by atoms with Crippen molar-refractivity contribution in [2.75, 3.05) is 11.9 Å². The maximum absolute atomic E-state index is 12.4. The highest BCUT2D eigenvalue weighted by atomic mass is 16.6. The summed E-state index contributed by atoms with van der Waals surface area (Å²) in [5.41, 5.74) is 1.71. The molecule has 0 N–H and O–H groups in total. The molecular formula is C14H13NO3. The molecule has 1 aliphatic carbocycles. The van der Waals surface area contributed by atoms with Crippen LogP contribution in [0.15, 0.2) is 24.3 Å². The molecule has 0 unspecified atom stereocenters. The first kappa shape index (κ1) is 10.1. The lowest BCUT2D eigenvalue weighted by atomic mass is 9.54. The van der Waals surface area contributed by atoms with Crippen molar-refractivity contribution in [3.63, 3.8) is 0 Å². The third-order valence-electron chi connectivity index (χ3n) is 4.59. The van der Waals surface area contributed by atoms with Crippen molar-refractivity contribution in [1.82, 2.24) is 0 Å². The Morgan fingerprint density at radius 2 is 2.06 bits per heavy atom. The second-order valence-electron chi connectivity index (χ2n) is 5.46. The van der Waals surface area contributed by atoms with Gasteiger partial charge in [0.25, 0.3) is 0 Å². The fourth-order valence-corrected chi connectivity index (χ4v) is 3.69. The molecule has 92 valence electrons. The highest BCUT2D eigenvalue weighted by Crippen LogP contribution is 2.61. The van der Waals surface area contributed by atoms with Crippen LogP contribution in [-0.4, -0.2) is 24.5 Å². The zero-order valence-corrected chi connectivity index (χ0v) is 10.1. The number of benzene rings is 1. The number of para-hydroxylation sites is 1. The van der Waals surface area contributed by atoms with Crippen LogP contribution >= 0.6 is 0 Å². The number of amides is 1. The predicted molar refractivity (Wildman–Crippen MR) is 64.1 cm³/mol. The lowest BCUT2D eigenvalue weighted by molar-refractivity contribution is -0.229. The maximum Gasteiger partial charge on any atom is 0.310 e. The van der Waals surface area contributed by atoms with E-state index < -0.39 is 5.60 Å². The number of hydrogen-bond acceptors (Lipinski definition) is 3. The van der Waals surface area contributed by atoms with Crippen molar-refractivity contribution in [3.05, 3.63) is 29.8 Å². The van der Waals surface area contributed by atoms with Crippen LogP contribution in [0.4, 0.5) is 5.69 Å². The molecule has 1 saturated heterocycles. The Balaban J connectivity index is 1.78. The van der Waals surface area contributed by atoms with E-state index >= 15 is 0 Å². The molecule has 1 spiro atoms. The van der Waals surface area contributed by atoms with Crippen LogP contribution < -0.4 is 4.90 Å². The molecule has 1 aromatic carbocycles. The van der Waals surface area contributed by atoms with Gasteiger partial charge in [-0.3, -0.25) is 9.59 Å². The van der Waals surface area contributed by atoms with Gasteiger partial charge in [-0.25, -0.2) is 0 Å². The molecule has 2 fully saturated rings. The number of esters is 1. The number of nitrogens with zero attached hydrogens (tertiary/aromatic N) is 1. The molecule has 3 aliphatic rings. The van der Waals surface area contributed by atoms with Crippen LogP contribution in [0.2, 0.25) is 0 Å². The Morgan fingerprint density at radius 3 is 2.78 bits per heavy atom. The minimum Gasteiger partial charge on any atom is -0.457 e. The Kier molecular flexibility index (Phi) is 1.65. The number of ether oxygens (including phenoxy) is 1. The van der Waals surface area contributed by atoms with E-state index in [4.69, 9.17) is 4.74 Å². The van der Waals surface area contributed by atoms with E-state index in [1.54, 1.807) is 11.9 Å². The number of rotatable bonds is 0. The number of fused-ring (bicyclic) bond motifs is 4. The quantitative estimate of drug-likeness (QED) is 0.648. The lowest BCUT2D eigenvalue weighted by Gasteiger charge is -2.60. The van der Waals surface area contributed by atoms with E-state index in [0.717, 1.165) is 12.1 Å². The third kappa shape index (κ3) is 0.975. The molecule has 0 bridgehead atoms. The molecule has 4 rings (SSSR count). The number of carbonyl (C=O) groups excluding carboxylic acids is 2. The van der Waals surface area contributed by atoms with Crippen molar-refractivity contribution in [2.45, 2.75) is 24.4 Å². The molecule has 1 amide bonds. The van der Waals surface area contributed by atoms with Gasteiger partial charge in [0.05, 0.1) is 12.3 Å². The Bertz CT molecular complexity index is 572. The fraction of sp³-hybridized carbons (Fsp3) is 0.429. The first-order valence-corrected chi connectivity index (χ1v) is 6.21. The number of hydrogen-bond donors (Lipinski definition) is 0. The predicted octanol–water partition coefficient (Wildman–Crippen LogP) is 1.45. The summed E-state index contributed by atoms with van der Waals surface area (Å²) in [6.07, 6.45) is 1.19. The van der Waals surface area contributed by atoms with Gasteiger partial charge in [0, 0.05) is 18.7 Å². The smallest absolute Gasteiger partial charge is 0.310 e. The van der Waals surface area contributed by atoms with E-state index in [9.17, 15) is 9.59 Å². The van der Waals surface area contributed by atoms with Crippen LogP contribution in [0.25, 0.3) is 0 Å². The average molecular weight is 243 g/mol. The van der Waals surface area contributed by atoms with Crippen LogP contribution in [-0.2, 0) is 14.3 Å². The number of anilines is 1. The van der Waals surface area contributed by atoms with Gasteiger partial charge in [-0.05, 0) is 18.1 Å². The van der Waals surface area contributed by atoms with Crippen LogP contribution in [0.3, 0.4) is 0 Å². The molecule has 1 aromatic rings. The average Bonchev–Trinajstić information content (AvgIpc) is 2.30. The molecule has 1 saturated carbocycles. The highest BCUT2D eigenvalue weighted by Gasteiger charge is 2.68. The van der Waals surface area contributed by atoms with E-state index in [0.29, 0.717) is 6.42 Å². The summed E-state index contributed by atoms with van der Waals surface area (Å²) in [6.45, 7) is 0. The molecule has 3 atom stereocenters. The minimum atomic E-state index is -0.485. The second kappa shape index (κ2) is 2.94. The molecule has 18 heavy (non-hydrogen) atoms.